The summed E-state index contributed by atoms with van der Waals surface area (Å²) in [6.45, 7) is 5.86. The molecule has 3 aromatic carbocycles. The number of thioether (sulfide) groups is 1. The molecule has 36 heavy (non-hydrogen) atoms. The number of aryl methyl sites for hydroxylation is 2. The van der Waals surface area contributed by atoms with Crippen LogP contribution in [0.3, 0.4) is 0 Å². The van der Waals surface area contributed by atoms with E-state index in [-0.39, 0.29) is 17.5 Å². The van der Waals surface area contributed by atoms with Crippen LogP contribution >= 0.6 is 11.8 Å². The number of nitrogens with one attached hydrogen (secondary N) is 1. The fraction of sp³-hybridized carbons (Fsp3) is 0.143. The Bertz CT molecular complexity index is 1560. The Morgan fingerprint density at radius 3 is 2.33 bits per heavy atom. The Balaban J connectivity index is 1.34. The largest absolute Gasteiger partial charge is 0.322 e. The maximum absolute atomic E-state index is 13.4. The average molecular weight is 498 g/mol. The van der Waals surface area contributed by atoms with Crippen molar-refractivity contribution in [2.45, 2.75) is 25.8 Å². The third kappa shape index (κ3) is 4.72. The number of halogens is 1. The van der Waals surface area contributed by atoms with Crippen LogP contribution in [-0.4, -0.2) is 31.6 Å². The van der Waals surface area contributed by atoms with E-state index in [1.54, 1.807) is 12.1 Å². The molecule has 2 aromatic heterocycles. The Kier molecular flexibility index (Phi) is 6.52. The summed E-state index contributed by atoms with van der Waals surface area (Å²) in [6.07, 6.45) is 0. The molecule has 0 aliphatic carbocycles. The van der Waals surface area contributed by atoms with Gasteiger partial charge in [-0.15, -0.1) is 10.2 Å². The van der Waals surface area contributed by atoms with Gasteiger partial charge >= 0.3 is 0 Å². The molecule has 6 nitrogen and oxygen atoms in total. The number of nitrogens with zero attached hydrogens (tertiary/aromatic N) is 4. The van der Waals surface area contributed by atoms with Gasteiger partial charge in [0.15, 0.2) is 0 Å². The van der Waals surface area contributed by atoms with Crippen molar-refractivity contribution in [3.05, 3.63) is 95.6 Å². The van der Waals surface area contributed by atoms with E-state index >= 15 is 0 Å². The maximum Gasteiger partial charge on any atom is 0.234 e. The van der Waals surface area contributed by atoms with E-state index < -0.39 is 0 Å². The lowest BCUT2D eigenvalue weighted by Gasteiger charge is -2.10. The van der Waals surface area contributed by atoms with E-state index in [1.165, 1.54) is 29.5 Å². The van der Waals surface area contributed by atoms with Crippen molar-refractivity contribution in [1.82, 2.24) is 20.0 Å². The number of carbonyl (C=O) groups excluding carboxylic acids is 1. The fourth-order valence-electron chi connectivity index (χ4n) is 4.08. The van der Waals surface area contributed by atoms with Gasteiger partial charge in [0.25, 0.3) is 0 Å². The van der Waals surface area contributed by atoms with Gasteiger partial charge in [-0.1, -0.05) is 53.7 Å². The van der Waals surface area contributed by atoms with Crippen molar-refractivity contribution in [3.63, 3.8) is 0 Å². The van der Waals surface area contributed by atoms with Gasteiger partial charge in [-0.2, -0.15) is 5.10 Å². The van der Waals surface area contributed by atoms with Crippen LogP contribution in [0, 0.1) is 26.6 Å². The predicted molar refractivity (Wildman–Crippen MR) is 142 cm³/mol. The zero-order valence-corrected chi connectivity index (χ0v) is 20.9. The topological polar surface area (TPSA) is 72.7 Å². The molecule has 0 atom stereocenters. The zero-order valence-electron chi connectivity index (χ0n) is 20.1. The molecule has 0 aliphatic heterocycles. The molecule has 8 heteroatoms. The predicted octanol–water partition coefficient (Wildman–Crippen LogP) is 6.28. The first-order valence-electron chi connectivity index (χ1n) is 11.5. The van der Waals surface area contributed by atoms with Gasteiger partial charge in [-0.25, -0.2) is 9.07 Å². The number of fused-ring (bicyclic) bond motifs is 1. The molecule has 0 spiro atoms. The van der Waals surface area contributed by atoms with Crippen molar-refractivity contribution < 1.29 is 9.18 Å². The standard InChI is InChI=1S/C28H24FN5OS/c1-17-8-14-22(15-9-17)34-19(3)26(18(2)33-34)30-25(35)16-36-28-24-7-5-4-6-23(24)27(31-32-28)20-10-12-21(29)13-11-20/h4-15H,16H2,1-3H3,(H,30,35). The second-order valence-electron chi connectivity index (χ2n) is 8.54. The first-order chi connectivity index (χ1) is 17.4. The normalized spacial score (nSPS) is 11.1. The lowest BCUT2D eigenvalue weighted by atomic mass is 10.1. The lowest BCUT2D eigenvalue weighted by molar-refractivity contribution is -0.113. The van der Waals surface area contributed by atoms with Crippen molar-refractivity contribution in [1.29, 1.82) is 0 Å². The van der Waals surface area contributed by atoms with Gasteiger partial charge in [0.2, 0.25) is 5.91 Å². The molecule has 2 heterocycles. The first-order valence-corrected chi connectivity index (χ1v) is 12.5. The second kappa shape index (κ2) is 9.91. The van der Waals surface area contributed by atoms with Crippen LogP contribution in [0.1, 0.15) is 17.0 Å². The highest BCUT2D eigenvalue weighted by atomic mass is 32.2. The molecule has 0 unspecified atom stereocenters. The number of aromatic nitrogens is 4. The van der Waals surface area contributed by atoms with Gasteiger partial charge in [0, 0.05) is 16.3 Å². The summed E-state index contributed by atoms with van der Waals surface area (Å²) in [7, 11) is 0. The van der Waals surface area contributed by atoms with E-state index in [4.69, 9.17) is 0 Å². The molecule has 0 saturated carbocycles. The highest BCUT2D eigenvalue weighted by Gasteiger charge is 2.17. The van der Waals surface area contributed by atoms with Crippen LogP contribution < -0.4 is 5.32 Å². The van der Waals surface area contributed by atoms with Gasteiger partial charge in [0.05, 0.1) is 28.5 Å². The van der Waals surface area contributed by atoms with E-state index in [0.29, 0.717) is 16.4 Å². The van der Waals surface area contributed by atoms with Crippen molar-refractivity contribution in [3.8, 4) is 16.9 Å². The zero-order chi connectivity index (χ0) is 25.2. The molecular weight excluding hydrogens is 473 g/mol. The summed E-state index contributed by atoms with van der Waals surface area (Å²) in [6, 6.07) is 22.0. The highest BCUT2D eigenvalue weighted by molar-refractivity contribution is 8.00. The van der Waals surface area contributed by atoms with E-state index in [0.717, 1.165) is 33.4 Å². The number of hydrogen-bond acceptors (Lipinski definition) is 5. The van der Waals surface area contributed by atoms with Gasteiger partial charge in [-0.3, -0.25) is 4.79 Å². The van der Waals surface area contributed by atoms with Crippen molar-refractivity contribution in [2.24, 2.45) is 0 Å². The number of amides is 1. The van der Waals surface area contributed by atoms with Gasteiger partial charge in [-0.05, 0) is 57.2 Å². The van der Waals surface area contributed by atoms with E-state index in [9.17, 15) is 9.18 Å². The minimum atomic E-state index is -0.302. The monoisotopic (exact) mass is 497 g/mol. The summed E-state index contributed by atoms with van der Waals surface area (Å²) in [4.78, 5) is 12.9. The molecule has 5 rings (SSSR count). The molecule has 180 valence electrons. The Morgan fingerprint density at radius 1 is 0.917 bits per heavy atom. The third-order valence-corrected chi connectivity index (χ3v) is 6.93. The van der Waals surface area contributed by atoms with Crippen molar-refractivity contribution in [2.75, 3.05) is 11.1 Å². The quantitative estimate of drug-likeness (QED) is 0.280. The first kappa shape index (κ1) is 23.7. The van der Waals surface area contributed by atoms with Gasteiger partial charge in [0.1, 0.15) is 16.5 Å². The van der Waals surface area contributed by atoms with E-state index in [1.807, 2.05) is 74.0 Å². The summed E-state index contributed by atoms with van der Waals surface area (Å²) >= 11 is 1.33. The molecule has 0 fully saturated rings. The third-order valence-electron chi connectivity index (χ3n) is 5.95. The fourth-order valence-corrected chi connectivity index (χ4v) is 4.85. The van der Waals surface area contributed by atoms with Crippen LogP contribution in [0.2, 0.25) is 0 Å². The van der Waals surface area contributed by atoms with Crippen LogP contribution in [0.25, 0.3) is 27.7 Å². The number of hydrogen-bond donors (Lipinski definition) is 1. The van der Waals surface area contributed by atoms with Crippen LogP contribution in [0.5, 0.6) is 0 Å². The molecule has 0 bridgehead atoms. The molecule has 0 saturated heterocycles. The average Bonchev–Trinajstić information content (AvgIpc) is 3.16. The Labute approximate surface area is 212 Å². The molecule has 5 aromatic rings. The molecule has 1 amide bonds. The van der Waals surface area contributed by atoms with Crippen LogP contribution in [0.15, 0.2) is 77.8 Å². The van der Waals surface area contributed by atoms with E-state index in [2.05, 4.69) is 20.6 Å². The number of carbonyl (C=O) groups is 1. The molecular formula is C28H24FN5OS. The molecule has 0 aliphatic rings. The number of rotatable bonds is 6. The summed E-state index contributed by atoms with van der Waals surface area (Å²) in [5, 5.41) is 18.9. The molecule has 1 N–H and O–H groups in total. The van der Waals surface area contributed by atoms with Crippen LogP contribution in [-0.2, 0) is 4.79 Å². The summed E-state index contributed by atoms with van der Waals surface area (Å²) in [5.41, 5.74) is 5.90. The highest BCUT2D eigenvalue weighted by Crippen LogP contribution is 2.32. The van der Waals surface area contributed by atoms with Gasteiger partial charge < -0.3 is 5.32 Å². The smallest absolute Gasteiger partial charge is 0.234 e. The number of benzene rings is 3. The van der Waals surface area contributed by atoms with Crippen molar-refractivity contribution >= 4 is 34.1 Å². The maximum atomic E-state index is 13.4. The molecule has 0 radical (unpaired) electrons. The Morgan fingerprint density at radius 2 is 1.61 bits per heavy atom. The number of anilines is 1. The summed E-state index contributed by atoms with van der Waals surface area (Å²) in [5.74, 6) is -0.282. The Hall–Kier alpha value is -4.04. The lowest BCUT2D eigenvalue weighted by Crippen LogP contribution is -2.15. The second-order valence-corrected chi connectivity index (χ2v) is 9.50. The SMILES string of the molecule is Cc1ccc(-n2nc(C)c(NC(=O)CSc3nnc(-c4ccc(F)cc4)c4ccccc34)c2C)cc1. The minimum Gasteiger partial charge on any atom is -0.322 e. The summed E-state index contributed by atoms with van der Waals surface area (Å²) < 4.78 is 15.2. The minimum absolute atomic E-state index is 0.150. The van der Waals surface area contributed by atoms with Crippen LogP contribution in [0.4, 0.5) is 10.1 Å².